The van der Waals surface area contributed by atoms with Gasteiger partial charge < -0.3 is 5.32 Å². The van der Waals surface area contributed by atoms with Crippen LogP contribution in [-0.2, 0) is 11.3 Å². The maximum absolute atomic E-state index is 12.2. The molecule has 2 aromatic heterocycles. The van der Waals surface area contributed by atoms with Gasteiger partial charge in [-0.25, -0.2) is 0 Å². The van der Waals surface area contributed by atoms with Crippen LogP contribution in [0.1, 0.15) is 24.7 Å². The van der Waals surface area contributed by atoms with E-state index in [0.29, 0.717) is 27.5 Å². The average Bonchev–Trinajstić information content (AvgIpc) is 3.25. The summed E-state index contributed by atoms with van der Waals surface area (Å²) in [6.45, 7) is 0.337. The largest absolute Gasteiger partial charge is 0.348 e. The van der Waals surface area contributed by atoms with Gasteiger partial charge in [0.2, 0.25) is 5.91 Å². The van der Waals surface area contributed by atoms with Crippen LogP contribution in [0.25, 0.3) is 5.69 Å². The minimum absolute atomic E-state index is 0.114. The Kier molecular flexibility index (Phi) is 5.28. The van der Waals surface area contributed by atoms with E-state index in [1.165, 1.54) is 11.8 Å². The number of hydrogen-bond acceptors (Lipinski definition) is 6. The zero-order valence-electron chi connectivity index (χ0n) is 14.1. The van der Waals surface area contributed by atoms with E-state index in [9.17, 15) is 4.79 Å². The molecule has 0 atom stereocenters. The second kappa shape index (κ2) is 7.83. The van der Waals surface area contributed by atoms with Gasteiger partial charge in [-0.15, -0.1) is 10.2 Å². The van der Waals surface area contributed by atoms with Gasteiger partial charge in [0, 0.05) is 11.1 Å². The third kappa shape index (κ3) is 4.23. The van der Waals surface area contributed by atoms with Crippen LogP contribution in [-0.4, -0.2) is 41.2 Å². The first kappa shape index (κ1) is 18.2. The third-order valence-electron chi connectivity index (χ3n) is 4.07. The van der Waals surface area contributed by atoms with E-state index in [4.69, 9.17) is 23.8 Å². The summed E-state index contributed by atoms with van der Waals surface area (Å²) in [7, 11) is 0. The normalized spacial score (nSPS) is 13.7. The van der Waals surface area contributed by atoms with Crippen LogP contribution in [0, 0.1) is 4.77 Å². The summed E-state index contributed by atoms with van der Waals surface area (Å²) in [4.78, 5) is 12.2. The molecule has 8 nitrogen and oxygen atoms in total. The molecule has 0 spiro atoms. The molecule has 0 radical (unpaired) electrons. The van der Waals surface area contributed by atoms with Gasteiger partial charge in [0.25, 0.3) is 0 Å². The number of halogens is 1. The van der Waals surface area contributed by atoms with Gasteiger partial charge >= 0.3 is 0 Å². The van der Waals surface area contributed by atoms with Gasteiger partial charge in [-0.2, -0.15) is 5.10 Å². The zero-order chi connectivity index (χ0) is 18.8. The van der Waals surface area contributed by atoms with Crippen molar-refractivity contribution in [3.05, 3.63) is 46.2 Å². The lowest BCUT2D eigenvalue weighted by atomic mass is 10.3. The molecular formula is C16H16ClN7OS2. The number of nitrogens with zero attached hydrogens (tertiary/aromatic N) is 5. The highest BCUT2D eigenvalue weighted by molar-refractivity contribution is 7.99. The Morgan fingerprint density at radius 2 is 2.30 bits per heavy atom. The average molecular weight is 422 g/mol. The molecule has 0 unspecified atom stereocenters. The molecule has 1 aromatic carbocycles. The van der Waals surface area contributed by atoms with Gasteiger partial charge in [0.1, 0.15) is 6.33 Å². The summed E-state index contributed by atoms with van der Waals surface area (Å²) < 4.78 is 4.38. The van der Waals surface area contributed by atoms with Crippen molar-refractivity contribution in [2.45, 2.75) is 30.6 Å². The predicted molar refractivity (Wildman–Crippen MR) is 105 cm³/mol. The summed E-state index contributed by atoms with van der Waals surface area (Å²) in [6, 6.07) is 7.78. The Labute approximate surface area is 169 Å². The number of amides is 1. The molecule has 1 aliphatic carbocycles. The Bertz CT molecular complexity index is 1020. The number of carbonyl (C=O) groups excluding carboxylic acids is 1. The van der Waals surface area contributed by atoms with Crippen LogP contribution in [0.5, 0.6) is 0 Å². The number of H-pyrrole nitrogens is 1. The van der Waals surface area contributed by atoms with Crippen molar-refractivity contribution in [1.82, 2.24) is 34.8 Å². The number of carbonyl (C=O) groups is 1. The highest BCUT2D eigenvalue weighted by atomic mass is 35.5. The maximum atomic E-state index is 12.2. The second-order valence-electron chi connectivity index (χ2n) is 6.07. The standard InChI is InChI=1S/C16H16ClN7OS2/c17-10-2-1-3-12(6-10)23-9-19-22-16(23)27-8-14(25)18-7-13-20-21-15(26)24(13)11-4-5-11/h1-3,6,9,11H,4-5,7-8H2,(H,18,25)(H,21,26). The summed E-state index contributed by atoms with van der Waals surface area (Å²) >= 11 is 12.6. The summed E-state index contributed by atoms with van der Waals surface area (Å²) in [6.07, 6.45) is 3.80. The molecule has 0 aliphatic heterocycles. The molecule has 3 aromatic rings. The lowest BCUT2D eigenvalue weighted by Crippen LogP contribution is -2.26. The Morgan fingerprint density at radius 1 is 1.44 bits per heavy atom. The summed E-state index contributed by atoms with van der Waals surface area (Å²) in [5.41, 5.74) is 0.843. The molecule has 1 saturated carbocycles. The third-order valence-corrected chi connectivity index (χ3v) is 5.53. The number of hydrogen-bond donors (Lipinski definition) is 2. The Hall–Kier alpha value is -2.17. The number of aromatic nitrogens is 6. The first-order valence-electron chi connectivity index (χ1n) is 8.33. The number of rotatable bonds is 7. The Balaban J connectivity index is 1.35. The van der Waals surface area contributed by atoms with Crippen LogP contribution in [0.2, 0.25) is 5.02 Å². The SMILES string of the molecule is O=C(CSc1nncn1-c1cccc(Cl)c1)NCc1n[nH]c(=S)n1C1CC1. The number of benzene rings is 1. The quantitative estimate of drug-likeness (QED) is 0.450. The molecule has 1 amide bonds. The first-order valence-corrected chi connectivity index (χ1v) is 10.1. The molecular weight excluding hydrogens is 406 g/mol. The van der Waals surface area contributed by atoms with Crippen molar-refractivity contribution in [1.29, 1.82) is 0 Å². The Morgan fingerprint density at radius 3 is 3.07 bits per heavy atom. The molecule has 11 heteroatoms. The van der Waals surface area contributed by atoms with Gasteiger partial charge in [-0.05, 0) is 43.3 Å². The van der Waals surface area contributed by atoms with E-state index in [-0.39, 0.29) is 11.7 Å². The summed E-state index contributed by atoms with van der Waals surface area (Å²) in [5.74, 6) is 0.855. The number of aromatic amines is 1. The number of thioether (sulfide) groups is 1. The van der Waals surface area contributed by atoms with E-state index in [1.54, 1.807) is 17.0 Å². The van der Waals surface area contributed by atoms with E-state index < -0.39 is 0 Å². The lowest BCUT2D eigenvalue weighted by molar-refractivity contribution is -0.118. The van der Waals surface area contributed by atoms with Gasteiger partial charge in [-0.1, -0.05) is 29.4 Å². The van der Waals surface area contributed by atoms with E-state index >= 15 is 0 Å². The van der Waals surface area contributed by atoms with E-state index in [1.807, 2.05) is 22.8 Å². The molecule has 27 heavy (non-hydrogen) atoms. The molecule has 1 aliphatic rings. The van der Waals surface area contributed by atoms with Crippen molar-refractivity contribution in [3.8, 4) is 5.69 Å². The van der Waals surface area contributed by atoms with Crippen molar-refractivity contribution < 1.29 is 4.79 Å². The fraction of sp³-hybridized carbons (Fsp3) is 0.312. The molecule has 0 bridgehead atoms. The van der Waals surface area contributed by atoms with Crippen molar-refractivity contribution >= 4 is 41.5 Å². The molecule has 2 N–H and O–H groups in total. The van der Waals surface area contributed by atoms with Crippen LogP contribution >= 0.6 is 35.6 Å². The fourth-order valence-corrected chi connectivity index (χ4v) is 3.90. The molecule has 140 valence electrons. The monoisotopic (exact) mass is 421 g/mol. The topological polar surface area (TPSA) is 93.4 Å². The fourth-order valence-electron chi connectivity index (χ4n) is 2.66. The van der Waals surface area contributed by atoms with Crippen LogP contribution < -0.4 is 5.32 Å². The smallest absolute Gasteiger partial charge is 0.230 e. The van der Waals surface area contributed by atoms with Crippen LogP contribution in [0.4, 0.5) is 0 Å². The highest BCUT2D eigenvalue weighted by Gasteiger charge is 2.27. The summed E-state index contributed by atoms with van der Waals surface area (Å²) in [5, 5.41) is 19.1. The minimum atomic E-state index is -0.114. The number of nitrogens with one attached hydrogen (secondary N) is 2. The van der Waals surface area contributed by atoms with Crippen LogP contribution in [0.15, 0.2) is 35.7 Å². The van der Waals surface area contributed by atoms with Crippen LogP contribution in [0.3, 0.4) is 0 Å². The first-order chi connectivity index (χ1) is 13.1. The molecule has 0 saturated heterocycles. The van der Waals surface area contributed by atoms with E-state index in [0.717, 1.165) is 24.4 Å². The predicted octanol–water partition coefficient (Wildman–Crippen LogP) is 2.92. The van der Waals surface area contributed by atoms with Gasteiger partial charge in [-0.3, -0.25) is 19.0 Å². The van der Waals surface area contributed by atoms with Crippen molar-refractivity contribution in [2.24, 2.45) is 0 Å². The minimum Gasteiger partial charge on any atom is -0.348 e. The van der Waals surface area contributed by atoms with Gasteiger partial charge in [0.05, 0.1) is 18.0 Å². The van der Waals surface area contributed by atoms with Gasteiger partial charge in [0.15, 0.2) is 15.8 Å². The highest BCUT2D eigenvalue weighted by Crippen LogP contribution is 2.35. The zero-order valence-corrected chi connectivity index (χ0v) is 16.5. The molecule has 4 rings (SSSR count). The molecule has 2 heterocycles. The lowest BCUT2D eigenvalue weighted by Gasteiger charge is -2.08. The van der Waals surface area contributed by atoms with Crippen molar-refractivity contribution in [3.63, 3.8) is 0 Å². The van der Waals surface area contributed by atoms with E-state index in [2.05, 4.69) is 25.7 Å². The second-order valence-corrected chi connectivity index (χ2v) is 7.84. The molecule has 1 fully saturated rings. The van der Waals surface area contributed by atoms with Crippen molar-refractivity contribution in [2.75, 3.05) is 5.75 Å². The maximum Gasteiger partial charge on any atom is 0.230 e.